The predicted octanol–water partition coefficient (Wildman–Crippen LogP) is 3.60. The number of fused-ring (bicyclic) bond motifs is 1. The van der Waals surface area contributed by atoms with E-state index in [1.54, 1.807) is 0 Å². The average molecular weight is 492 g/mol. The number of benzene rings is 3. The topological polar surface area (TPSA) is 158 Å². The minimum atomic E-state index is -4.78. The molecule has 3 aromatic carbocycles. The van der Waals surface area contributed by atoms with Crippen LogP contribution in [0.2, 0.25) is 10.0 Å². The van der Waals surface area contributed by atoms with Gasteiger partial charge in [-0.3, -0.25) is 13.9 Å². The number of amides is 1. The lowest BCUT2D eigenvalue weighted by molar-refractivity contribution is 0.102. The van der Waals surface area contributed by atoms with Crippen LogP contribution in [0.5, 0.6) is 5.75 Å². The Labute approximate surface area is 180 Å². The number of hydrogen-bond acceptors (Lipinski definition) is 6. The van der Waals surface area contributed by atoms with Gasteiger partial charge >= 0.3 is 0 Å². The molecule has 0 heterocycles. The smallest absolute Gasteiger partial charge is 0.294 e. The Morgan fingerprint density at radius 2 is 1.30 bits per heavy atom. The molecule has 0 bridgehead atoms. The summed E-state index contributed by atoms with van der Waals surface area (Å²) in [5, 5.41) is 12.6. The minimum Gasteiger partial charge on any atom is -0.507 e. The number of anilines is 1. The third kappa shape index (κ3) is 4.67. The van der Waals surface area contributed by atoms with Gasteiger partial charge in [-0.1, -0.05) is 23.2 Å². The lowest BCUT2D eigenvalue weighted by Gasteiger charge is -2.13. The number of carbonyl (C=O) groups excluding carboxylic acids is 1. The summed E-state index contributed by atoms with van der Waals surface area (Å²) in [6.45, 7) is 0. The van der Waals surface area contributed by atoms with E-state index in [4.69, 9.17) is 23.2 Å². The Hall–Kier alpha value is -2.41. The molecule has 0 aliphatic carbocycles. The fourth-order valence-electron chi connectivity index (χ4n) is 2.71. The monoisotopic (exact) mass is 491 g/mol. The number of aromatic hydroxyl groups is 1. The summed E-state index contributed by atoms with van der Waals surface area (Å²) >= 11 is 11.7. The van der Waals surface area contributed by atoms with Crippen molar-refractivity contribution >= 4 is 65.8 Å². The SMILES string of the molecule is O=C(Nc1cc(S(=O)(=O)O)cc2cc(S(=O)(=O)O)cc(O)c12)c1cc(Cl)cc(Cl)c1. The molecule has 0 atom stereocenters. The van der Waals surface area contributed by atoms with Gasteiger partial charge in [-0.15, -0.1) is 0 Å². The minimum absolute atomic E-state index is 0.00644. The summed E-state index contributed by atoms with van der Waals surface area (Å²) < 4.78 is 64.7. The van der Waals surface area contributed by atoms with Gasteiger partial charge in [0.05, 0.1) is 15.5 Å². The number of phenols is 1. The zero-order valence-corrected chi connectivity index (χ0v) is 17.6. The van der Waals surface area contributed by atoms with Gasteiger partial charge in [0.15, 0.2) is 0 Å². The molecule has 13 heteroatoms. The summed E-state index contributed by atoms with van der Waals surface area (Å²) in [4.78, 5) is 11.2. The van der Waals surface area contributed by atoms with E-state index in [0.717, 1.165) is 24.3 Å². The standard InChI is InChI=1S/C17H11Cl2NO8S2/c18-10-1-9(2-11(19)5-10)17(22)20-14-6-12(29(23,24)25)3-8-4-13(30(26,27)28)7-15(21)16(8)14/h1-7,21H,(H,20,22)(H,23,24,25)(H,26,27,28). The summed E-state index contributed by atoms with van der Waals surface area (Å²) in [6, 6.07) is 7.28. The van der Waals surface area contributed by atoms with Crippen molar-refractivity contribution in [1.82, 2.24) is 0 Å². The Kier molecular flexibility index (Phi) is 5.71. The molecule has 3 aromatic rings. The van der Waals surface area contributed by atoms with Crippen molar-refractivity contribution in [3.8, 4) is 5.75 Å². The van der Waals surface area contributed by atoms with Crippen LogP contribution in [0, 0.1) is 0 Å². The molecule has 3 rings (SSSR count). The average Bonchev–Trinajstić information content (AvgIpc) is 2.58. The van der Waals surface area contributed by atoms with Crippen molar-refractivity contribution in [3.63, 3.8) is 0 Å². The van der Waals surface area contributed by atoms with Crippen molar-refractivity contribution in [2.45, 2.75) is 9.79 Å². The predicted molar refractivity (Wildman–Crippen MR) is 110 cm³/mol. The van der Waals surface area contributed by atoms with Crippen molar-refractivity contribution in [1.29, 1.82) is 0 Å². The summed E-state index contributed by atoms with van der Waals surface area (Å²) in [6.07, 6.45) is 0. The van der Waals surface area contributed by atoms with Gasteiger partial charge in [0.2, 0.25) is 0 Å². The van der Waals surface area contributed by atoms with Crippen LogP contribution in [-0.2, 0) is 20.2 Å². The molecule has 0 saturated heterocycles. The molecule has 0 aliphatic rings. The summed E-state index contributed by atoms with van der Waals surface area (Å²) in [7, 11) is -9.52. The third-order valence-electron chi connectivity index (χ3n) is 3.94. The fourth-order valence-corrected chi connectivity index (χ4v) is 4.32. The first-order chi connectivity index (χ1) is 13.8. The number of phenolic OH excluding ortho intramolecular Hbond substituents is 1. The van der Waals surface area contributed by atoms with Crippen molar-refractivity contribution in [2.75, 3.05) is 5.32 Å². The van der Waals surface area contributed by atoms with E-state index in [9.17, 15) is 35.8 Å². The van der Waals surface area contributed by atoms with Crippen LogP contribution in [-0.4, -0.2) is 37.0 Å². The molecule has 0 spiro atoms. The second kappa shape index (κ2) is 7.69. The Balaban J connectivity index is 2.25. The van der Waals surface area contributed by atoms with Crippen LogP contribution in [0.4, 0.5) is 5.69 Å². The zero-order chi connectivity index (χ0) is 22.4. The molecule has 0 fully saturated rings. The molecule has 0 aliphatic heterocycles. The highest BCUT2D eigenvalue weighted by molar-refractivity contribution is 7.86. The number of halogens is 2. The van der Waals surface area contributed by atoms with Crippen LogP contribution < -0.4 is 5.32 Å². The van der Waals surface area contributed by atoms with E-state index in [0.29, 0.717) is 0 Å². The first kappa shape index (κ1) is 22.3. The van der Waals surface area contributed by atoms with E-state index in [1.807, 2.05) is 0 Å². The van der Waals surface area contributed by atoms with Gasteiger partial charge in [-0.05, 0) is 41.8 Å². The normalized spacial score (nSPS) is 12.1. The first-order valence-electron chi connectivity index (χ1n) is 7.79. The van der Waals surface area contributed by atoms with Gasteiger partial charge in [0.25, 0.3) is 26.1 Å². The molecule has 4 N–H and O–H groups in total. The molecule has 158 valence electrons. The zero-order valence-electron chi connectivity index (χ0n) is 14.5. The molecule has 9 nitrogen and oxygen atoms in total. The maximum absolute atomic E-state index is 12.6. The van der Waals surface area contributed by atoms with E-state index in [1.165, 1.54) is 18.2 Å². The lowest BCUT2D eigenvalue weighted by atomic mass is 10.1. The van der Waals surface area contributed by atoms with Crippen LogP contribution in [0.25, 0.3) is 10.8 Å². The van der Waals surface area contributed by atoms with Gasteiger partial charge < -0.3 is 10.4 Å². The highest BCUT2D eigenvalue weighted by atomic mass is 35.5. The maximum atomic E-state index is 12.6. The lowest BCUT2D eigenvalue weighted by Crippen LogP contribution is -2.13. The molecular formula is C17H11Cl2NO8S2. The van der Waals surface area contributed by atoms with Gasteiger partial charge in [0, 0.05) is 27.1 Å². The molecule has 1 amide bonds. The van der Waals surface area contributed by atoms with E-state index < -0.39 is 41.7 Å². The summed E-state index contributed by atoms with van der Waals surface area (Å²) in [5.41, 5.74) is -0.257. The maximum Gasteiger partial charge on any atom is 0.294 e. The molecule has 0 aromatic heterocycles. The third-order valence-corrected chi connectivity index (χ3v) is 6.04. The van der Waals surface area contributed by atoms with Gasteiger partial charge in [-0.25, -0.2) is 0 Å². The fraction of sp³-hybridized carbons (Fsp3) is 0. The van der Waals surface area contributed by atoms with E-state index >= 15 is 0 Å². The van der Waals surface area contributed by atoms with Gasteiger partial charge in [0.1, 0.15) is 5.75 Å². The first-order valence-corrected chi connectivity index (χ1v) is 11.4. The Morgan fingerprint density at radius 3 is 1.80 bits per heavy atom. The molecule has 0 radical (unpaired) electrons. The molecule has 0 saturated carbocycles. The summed E-state index contributed by atoms with van der Waals surface area (Å²) in [5.74, 6) is -1.46. The number of rotatable bonds is 4. The second-order valence-corrected chi connectivity index (χ2v) is 9.79. The highest BCUT2D eigenvalue weighted by Crippen LogP contribution is 2.37. The van der Waals surface area contributed by atoms with Crippen LogP contribution in [0.1, 0.15) is 10.4 Å². The number of carbonyl (C=O) groups is 1. The second-order valence-electron chi connectivity index (χ2n) is 6.07. The number of nitrogens with one attached hydrogen (secondary N) is 1. The van der Waals surface area contributed by atoms with Crippen LogP contribution in [0.15, 0.2) is 52.3 Å². The molecular weight excluding hydrogens is 481 g/mol. The number of hydrogen-bond donors (Lipinski definition) is 4. The Morgan fingerprint density at radius 1 is 0.800 bits per heavy atom. The quantitative estimate of drug-likeness (QED) is 0.402. The van der Waals surface area contributed by atoms with Crippen molar-refractivity contribution in [3.05, 3.63) is 58.1 Å². The van der Waals surface area contributed by atoms with Crippen LogP contribution in [0.3, 0.4) is 0 Å². The molecule has 30 heavy (non-hydrogen) atoms. The van der Waals surface area contributed by atoms with E-state index in [2.05, 4.69) is 5.32 Å². The Bertz CT molecular complexity index is 1390. The van der Waals surface area contributed by atoms with Crippen molar-refractivity contribution in [2.24, 2.45) is 0 Å². The van der Waals surface area contributed by atoms with Crippen molar-refractivity contribution < 1.29 is 35.8 Å². The molecule has 0 unspecified atom stereocenters. The van der Waals surface area contributed by atoms with Gasteiger partial charge in [-0.2, -0.15) is 16.8 Å². The van der Waals surface area contributed by atoms with E-state index in [-0.39, 0.29) is 32.1 Å². The van der Waals surface area contributed by atoms with Crippen LogP contribution >= 0.6 is 23.2 Å². The largest absolute Gasteiger partial charge is 0.507 e. The highest BCUT2D eigenvalue weighted by Gasteiger charge is 2.21.